The van der Waals surface area contributed by atoms with E-state index < -0.39 is 5.60 Å². The van der Waals surface area contributed by atoms with Crippen molar-refractivity contribution in [1.29, 1.82) is 0 Å². The maximum Gasteiger partial charge on any atom is 0.266 e. The monoisotopic (exact) mass is 253 g/mol. The van der Waals surface area contributed by atoms with Gasteiger partial charge in [-0.05, 0) is 24.6 Å². The number of carbonyl (C=O) groups excluding carboxylic acids is 1. The van der Waals surface area contributed by atoms with Crippen LogP contribution in [0.2, 0.25) is 0 Å². The third-order valence-electron chi connectivity index (χ3n) is 3.79. The van der Waals surface area contributed by atoms with Gasteiger partial charge in [0.15, 0.2) is 5.60 Å². The number of para-hydroxylation sites is 1. The molecule has 2 aromatic rings. The molecule has 0 spiro atoms. The highest BCUT2D eigenvalue weighted by molar-refractivity contribution is 6.08. The van der Waals surface area contributed by atoms with E-state index in [4.69, 9.17) is 0 Å². The Morgan fingerprint density at radius 3 is 2.05 bits per heavy atom. The number of rotatable bonds is 2. The van der Waals surface area contributed by atoms with Crippen LogP contribution in [0.25, 0.3) is 0 Å². The lowest BCUT2D eigenvalue weighted by atomic mass is 9.77. The molecule has 1 N–H and O–H groups in total. The minimum absolute atomic E-state index is 0.266. The van der Waals surface area contributed by atoms with E-state index in [1.165, 1.54) is 0 Å². The van der Waals surface area contributed by atoms with E-state index in [9.17, 15) is 9.90 Å². The number of benzene rings is 2. The van der Waals surface area contributed by atoms with Gasteiger partial charge >= 0.3 is 0 Å². The molecular formula is C16H15NO2. The molecule has 2 atom stereocenters. The normalized spacial score (nSPS) is 26.1. The number of β-lactam (4-membered cyclic amide) rings is 1. The number of amides is 1. The van der Waals surface area contributed by atoms with Crippen molar-refractivity contribution in [1.82, 2.24) is 0 Å². The quantitative estimate of drug-likeness (QED) is 0.834. The molecule has 19 heavy (non-hydrogen) atoms. The van der Waals surface area contributed by atoms with Gasteiger partial charge in [0.25, 0.3) is 5.91 Å². The zero-order valence-corrected chi connectivity index (χ0v) is 10.7. The lowest BCUT2D eigenvalue weighted by Gasteiger charge is -2.51. The summed E-state index contributed by atoms with van der Waals surface area (Å²) in [7, 11) is 0. The molecule has 1 aliphatic rings. The summed E-state index contributed by atoms with van der Waals surface area (Å²) in [5.41, 5.74) is 0.0668. The van der Waals surface area contributed by atoms with Gasteiger partial charge in [-0.1, -0.05) is 48.5 Å². The Morgan fingerprint density at radius 1 is 1.00 bits per heavy atom. The van der Waals surface area contributed by atoms with E-state index in [2.05, 4.69) is 0 Å². The number of hydrogen-bond acceptors (Lipinski definition) is 2. The largest absolute Gasteiger partial charge is 0.374 e. The molecular weight excluding hydrogens is 238 g/mol. The Balaban J connectivity index is 1.96. The highest BCUT2D eigenvalue weighted by atomic mass is 16.3. The Kier molecular flexibility index (Phi) is 2.64. The van der Waals surface area contributed by atoms with Crippen LogP contribution in [0.15, 0.2) is 60.7 Å². The number of hydrogen-bond donors (Lipinski definition) is 1. The molecule has 96 valence electrons. The molecule has 1 saturated heterocycles. The molecule has 0 aliphatic carbocycles. The van der Waals surface area contributed by atoms with Crippen molar-refractivity contribution in [3.8, 4) is 0 Å². The summed E-state index contributed by atoms with van der Waals surface area (Å²) in [6, 6.07) is 18.3. The SMILES string of the molecule is CC1N(c2ccccc2)C(=O)C1(O)c1ccccc1. The standard InChI is InChI=1S/C16H15NO2/c1-12-16(19,13-8-4-2-5-9-13)15(18)17(12)14-10-6-3-7-11-14/h2-12,19H,1H3. The molecule has 2 aromatic carbocycles. The predicted octanol–water partition coefficient (Wildman–Crippen LogP) is 2.31. The van der Waals surface area contributed by atoms with Gasteiger partial charge in [-0.2, -0.15) is 0 Å². The van der Waals surface area contributed by atoms with Crippen molar-refractivity contribution >= 4 is 11.6 Å². The molecule has 0 bridgehead atoms. The molecule has 1 amide bonds. The second kappa shape index (κ2) is 4.21. The first-order valence-electron chi connectivity index (χ1n) is 6.32. The first-order valence-corrected chi connectivity index (χ1v) is 6.32. The second-order valence-electron chi connectivity index (χ2n) is 4.82. The fraction of sp³-hybridized carbons (Fsp3) is 0.188. The van der Waals surface area contributed by atoms with E-state index in [1.54, 1.807) is 17.0 Å². The Morgan fingerprint density at radius 2 is 1.53 bits per heavy atom. The van der Waals surface area contributed by atoms with E-state index >= 15 is 0 Å². The van der Waals surface area contributed by atoms with Gasteiger partial charge in [0, 0.05) is 5.69 Å². The van der Waals surface area contributed by atoms with Crippen molar-refractivity contribution in [3.63, 3.8) is 0 Å². The number of anilines is 1. The minimum Gasteiger partial charge on any atom is -0.374 e. The number of nitrogens with zero attached hydrogens (tertiary/aromatic N) is 1. The summed E-state index contributed by atoms with van der Waals surface area (Å²) in [6.07, 6.45) is 0. The van der Waals surface area contributed by atoms with Gasteiger partial charge in [0.1, 0.15) is 0 Å². The number of carbonyl (C=O) groups is 1. The average molecular weight is 253 g/mol. The van der Waals surface area contributed by atoms with Crippen LogP contribution in [0.1, 0.15) is 12.5 Å². The van der Waals surface area contributed by atoms with Crippen LogP contribution in [0.5, 0.6) is 0 Å². The molecule has 2 unspecified atom stereocenters. The molecule has 3 nitrogen and oxygen atoms in total. The topological polar surface area (TPSA) is 40.5 Å². The van der Waals surface area contributed by atoms with Crippen molar-refractivity contribution < 1.29 is 9.90 Å². The Bertz CT molecular complexity index is 597. The first kappa shape index (κ1) is 11.9. The van der Waals surface area contributed by atoms with Crippen LogP contribution < -0.4 is 4.90 Å². The zero-order chi connectivity index (χ0) is 13.5. The summed E-state index contributed by atoms with van der Waals surface area (Å²) in [5, 5.41) is 10.7. The zero-order valence-electron chi connectivity index (χ0n) is 10.7. The van der Waals surface area contributed by atoms with Gasteiger partial charge in [0.2, 0.25) is 0 Å². The summed E-state index contributed by atoms with van der Waals surface area (Å²) < 4.78 is 0. The molecule has 1 fully saturated rings. The van der Waals surface area contributed by atoms with E-state index in [-0.39, 0.29) is 11.9 Å². The van der Waals surface area contributed by atoms with Crippen LogP contribution >= 0.6 is 0 Å². The fourth-order valence-electron chi connectivity index (χ4n) is 2.65. The van der Waals surface area contributed by atoms with Crippen molar-refractivity contribution in [2.45, 2.75) is 18.6 Å². The van der Waals surface area contributed by atoms with Crippen LogP contribution in [-0.4, -0.2) is 17.1 Å². The van der Waals surface area contributed by atoms with Crippen LogP contribution in [-0.2, 0) is 10.4 Å². The van der Waals surface area contributed by atoms with Gasteiger partial charge in [0.05, 0.1) is 6.04 Å². The highest BCUT2D eigenvalue weighted by Crippen LogP contribution is 2.42. The summed E-state index contributed by atoms with van der Waals surface area (Å²) in [6.45, 7) is 1.86. The van der Waals surface area contributed by atoms with Crippen LogP contribution in [0, 0.1) is 0 Å². The molecule has 3 heteroatoms. The fourth-order valence-corrected chi connectivity index (χ4v) is 2.65. The summed E-state index contributed by atoms with van der Waals surface area (Å²) in [5.74, 6) is -0.266. The molecule has 1 aliphatic heterocycles. The van der Waals surface area contributed by atoms with Crippen molar-refractivity contribution in [3.05, 3.63) is 66.2 Å². The second-order valence-corrected chi connectivity index (χ2v) is 4.82. The van der Waals surface area contributed by atoms with Gasteiger partial charge in [-0.3, -0.25) is 4.79 Å². The Hall–Kier alpha value is -2.13. The van der Waals surface area contributed by atoms with E-state index in [1.807, 2.05) is 55.5 Å². The lowest BCUT2D eigenvalue weighted by molar-refractivity contribution is -0.153. The lowest BCUT2D eigenvalue weighted by Crippen LogP contribution is -2.71. The van der Waals surface area contributed by atoms with Crippen LogP contribution in [0.3, 0.4) is 0 Å². The summed E-state index contributed by atoms with van der Waals surface area (Å²) in [4.78, 5) is 14.0. The molecule has 1 heterocycles. The average Bonchev–Trinajstić information content (AvgIpc) is 2.48. The predicted molar refractivity (Wildman–Crippen MR) is 73.7 cm³/mol. The van der Waals surface area contributed by atoms with E-state index in [0.717, 1.165) is 5.69 Å². The third-order valence-corrected chi connectivity index (χ3v) is 3.79. The summed E-state index contributed by atoms with van der Waals surface area (Å²) >= 11 is 0. The molecule has 3 rings (SSSR count). The smallest absolute Gasteiger partial charge is 0.266 e. The first-order chi connectivity index (χ1) is 9.15. The molecule has 0 radical (unpaired) electrons. The Labute approximate surface area is 112 Å². The van der Waals surface area contributed by atoms with Crippen molar-refractivity contribution in [2.24, 2.45) is 0 Å². The highest BCUT2D eigenvalue weighted by Gasteiger charge is 2.59. The molecule has 0 aromatic heterocycles. The maximum absolute atomic E-state index is 12.4. The minimum atomic E-state index is -1.41. The van der Waals surface area contributed by atoms with Gasteiger partial charge in [-0.15, -0.1) is 0 Å². The number of aliphatic hydroxyl groups is 1. The van der Waals surface area contributed by atoms with E-state index in [0.29, 0.717) is 5.56 Å². The third kappa shape index (κ3) is 1.59. The van der Waals surface area contributed by atoms with Crippen LogP contribution in [0.4, 0.5) is 5.69 Å². The maximum atomic E-state index is 12.4. The van der Waals surface area contributed by atoms with Gasteiger partial charge < -0.3 is 10.0 Å². The molecule has 0 saturated carbocycles. The van der Waals surface area contributed by atoms with Gasteiger partial charge in [-0.25, -0.2) is 0 Å². The van der Waals surface area contributed by atoms with Crippen molar-refractivity contribution in [2.75, 3.05) is 4.90 Å².